The minimum Gasteiger partial charge on any atom is -0.495 e. The Labute approximate surface area is 194 Å². The highest BCUT2D eigenvalue weighted by Crippen LogP contribution is 2.30. The minimum atomic E-state index is -3.94. The number of pyridine rings is 1. The third kappa shape index (κ3) is 4.18. The molecule has 2 aromatic carbocycles. The summed E-state index contributed by atoms with van der Waals surface area (Å²) in [7, 11) is -2.48. The van der Waals surface area contributed by atoms with Crippen LogP contribution in [-0.2, 0) is 10.0 Å². The van der Waals surface area contributed by atoms with E-state index in [1.807, 2.05) is 40.7 Å². The van der Waals surface area contributed by atoms with Crippen LogP contribution in [0.25, 0.3) is 16.7 Å². The molecule has 2 heterocycles. The highest BCUT2D eigenvalue weighted by Gasteiger charge is 2.23. The fourth-order valence-corrected chi connectivity index (χ4v) is 5.28. The Balaban J connectivity index is 1.84. The molecule has 4 rings (SSSR count). The molecular weight excluding hydrogens is 436 g/mol. The van der Waals surface area contributed by atoms with Gasteiger partial charge < -0.3 is 4.74 Å². The molecule has 0 radical (unpaired) electrons. The summed E-state index contributed by atoms with van der Waals surface area (Å²) in [6.07, 6.45) is 0. The number of ether oxygens (including phenoxy) is 1. The van der Waals surface area contributed by atoms with E-state index in [0.717, 1.165) is 33.2 Å². The molecule has 7 nitrogen and oxygen atoms in total. The molecule has 0 bridgehead atoms. The van der Waals surface area contributed by atoms with Gasteiger partial charge in [-0.2, -0.15) is 9.78 Å². The fraction of sp³-hybridized carbons (Fsp3) is 0.280. The van der Waals surface area contributed by atoms with Crippen LogP contribution in [0.1, 0.15) is 33.5 Å². The first-order valence-corrected chi connectivity index (χ1v) is 12.1. The Kier molecular flexibility index (Phi) is 5.66. The summed E-state index contributed by atoms with van der Waals surface area (Å²) >= 11 is 0. The molecule has 0 saturated carbocycles. The van der Waals surface area contributed by atoms with Crippen molar-refractivity contribution in [3.8, 4) is 11.6 Å². The van der Waals surface area contributed by atoms with Crippen LogP contribution < -0.4 is 9.46 Å². The monoisotopic (exact) mass is 464 g/mol. The van der Waals surface area contributed by atoms with Gasteiger partial charge >= 0.3 is 0 Å². The summed E-state index contributed by atoms with van der Waals surface area (Å²) in [5.41, 5.74) is 6.61. The molecule has 0 unspecified atom stereocenters. The van der Waals surface area contributed by atoms with Gasteiger partial charge in [0, 0.05) is 11.5 Å². The zero-order valence-corrected chi connectivity index (χ0v) is 20.8. The number of anilines is 1. The van der Waals surface area contributed by atoms with E-state index >= 15 is 0 Å². The zero-order chi connectivity index (χ0) is 24.1. The summed E-state index contributed by atoms with van der Waals surface area (Å²) in [6.45, 7) is 11.7. The van der Waals surface area contributed by atoms with Gasteiger partial charge in [-0.25, -0.2) is 13.4 Å². The van der Waals surface area contributed by atoms with Crippen LogP contribution in [-0.4, -0.2) is 30.3 Å². The van der Waals surface area contributed by atoms with Crippen molar-refractivity contribution in [1.82, 2.24) is 14.8 Å². The first kappa shape index (κ1) is 22.8. The first-order chi connectivity index (χ1) is 15.5. The van der Waals surface area contributed by atoms with E-state index in [4.69, 9.17) is 9.72 Å². The number of methoxy groups -OCH3 is 1. The average Bonchev–Trinajstić information content (AvgIpc) is 3.09. The summed E-state index contributed by atoms with van der Waals surface area (Å²) in [5, 5.41) is 5.60. The second-order valence-electron chi connectivity index (χ2n) is 8.55. The molecule has 0 saturated heterocycles. The number of aryl methyl sites for hydroxylation is 6. The van der Waals surface area contributed by atoms with Crippen molar-refractivity contribution < 1.29 is 13.2 Å². The van der Waals surface area contributed by atoms with Gasteiger partial charge in [0.05, 0.1) is 18.3 Å². The van der Waals surface area contributed by atoms with E-state index in [1.54, 1.807) is 18.2 Å². The number of rotatable bonds is 5. The SMILES string of the molecule is COc1cc(C)c(C)cc1S(=O)(=O)Nc1cc(C)nn1-c1cc(C)c2cc(C)cc(C)c2n1. The van der Waals surface area contributed by atoms with Gasteiger partial charge in [0.1, 0.15) is 16.5 Å². The third-order valence-corrected chi connectivity index (χ3v) is 7.17. The Morgan fingerprint density at radius 3 is 2.24 bits per heavy atom. The second-order valence-corrected chi connectivity index (χ2v) is 10.2. The van der Waals surface area contributed by atoms with Gasteiger partial charge in [-0.05, 0) is 88.1 Å². The van der Waals surface area contributed by atoms with Crippen molar-refractivity contribution in [3.05, 3.63) is 69.9 Å². The highest BCUT2D eigenvalue weighted by molar-refractivity contribution is 7.92. The van der Waals surface area contributed by atoms with Crippen molar-refractivity contribution >= 4 is 26.7 Å². The quantitative estimate of drug-likeness (QED) is 0.445. The molecule has 4 aromatic rings. The fourth-order valence-electron chi connectivity index (χ4n) is 4.01. The predicted molar refractivity (Wildman–Crippen MR) is 131 cm³/mol. The van der Waals surface area contributed by atoms with E-state index in [1.165, 1.54) is 17.4 Å². The van der Waals surface area contributed by atoms with Gasteiger partial charge in [-0.15, -0.1) is 0 Å². The molecule has 0 aliphatic carbocycles. The van der Waals surface area contributed by atoms with Gasteiger partial charge in [0.25, 0.3) is 10.0 Å². The highest BCUT2D eigenvalue weighted by atomic mass is 32.2. The van der Waals surface area contributed by atoms with Crippen molar-refractivity contribution in [3.63, 3.8) is 0 Å². The van der Waals surface area contributed by atoms with Crippen LogP contribution in [0.3, 0.4) is 0 Å². The lowest BCUT2D eigenvalue weighted by atomic mass is 10.0. The van der Waals surface area contributed by atoms with Gasteiger partial charge in [0.15, 0.2) is 5.82 Å². The van der Waals surface area contributed by atoms with Crippen LogP contribution in [0.2, 0.25) is 0 Å². The number of nitrogens with one attached hydrogen (secondary N) is 1. The van der Waals surface area contributed by atoms with E-state index in [9.17, 15) is 8.42 Å². The summed E-state index contributed by atoms with van der Waals surface area (Å²) in [5.74, 6) is 1.15. The second kappa shape index (κ2) is 8.19. The smallest absolute Gasteiger partial charge is 0.266 e. The number of fused-ring (bicyclic) bond motifs is 1. The van der Waals surface area contributed by atoms with Crippen molar-refractivity contribution in [2.45, 2.75) is 46.4 Å². The molecule has 0 aliphatic heterocycles. The summed E-state index contributed by atoms with van der Waals surface area (Å²) in [6, 6.07) is 11.1. The average molecular weight is 465 g/mol. The van der Waals surface area contributed by atoms with Crippen LogP contribution in [0, 0.1) is 41.5 Å². The van der Waals surface area contributed by atoms with E-state index in [-0.39, 0.29) is 4.90 Å². The molecular formula is C25H28N4O3S. The normalized spacial score (nSPS) is 11.7. The van der Waals surface area contributed by atoms with Gasteiger partial charge in [0.2, 0.25) is 0 Å². The Morgan fingerprint density at radius 2 is 1.55 bits per heavy atom. The predicted octanol–water partition coefficient (Wildman–Crippen LogP) is 5.08. The molecule has 0 aliphatic rings. The minimum absolute atomic E-state index is 0.0764. The molecule has 8 heteroatoms. The molecule has 0 spiro atoms. The first-order valence-electron chi connectivity index (χ1n) is 10.6. The number of hydrogen-bond acceptors (Lipinski definition) is 5. The molecule has 2 aromatic heterocycles. The van der Waals surface area contributed by atoms with Crippen molar-refractivity contribution in [2.24, 2.45) is 0 Å². The molecule has 0 amide bonds. The van der Waals surface area contributed by atoms with Crippen molar-refractivity contribution in [2.75, 3.05) is 11.8 Å². The maximum absolute atomic E-state index is 13.4. The van der Waals surface area contributed by atoms with E-state index in [2.05, 4.69) is 28.9 Å². The number of aromatic nitrogens is 3. The lowest BCUT2D eigenvalue weighted by molar-refractivity contribution is 0.402. The van der Waals surface area contributed by atoms with Gasteiger partial charge in [-0.3, -0.25) is 4.72 Å². The maximum atomic E-state index is 13.4. The number of sulfonamides is 1. The topological polar surface area (TPSA) is 86.1 Å². The number of nitrogens with zero attached hydrogens (tertiary/aromatic N) is 3. The van der Waals surface area contributed by atoms with E-state index in [0.29, 0.717) is 23.1 Å². The summed E-state index contributed by atoms with van der Waals surface area (Å²) < 4.78 is 36.3. The maximum Gasteiger partial charge on any atom is 0.266 e. The van der Waals surface area contributed by atoms with E-state index < -0.39 is 10.0 Å². The van der Waals surface area contributed by atoms with Crippen LogP contribution in [0.4, 0.5) is 5.82 Å². The Bertz CT molecular complexity index is 1500. The molecule has 172 valence electrons. The number of benzene rings is 2. The van der Waals surface area contributed by atoms with Gasteiger partial charge in [-0.1, -0.05) is 11.6 Å². The molecule has 0 atom stereocenters. The third-order valence-electron chi connectivity index (χ3n) is 5.80. The molecule has 0 fully saturated rings. The molecule has 1 N–H and O–H groups in total. The Morgan fingerprint density at radius 1 is 0.848 bits per heavy atom. The Hall–Kier alpha value is -3.39. The lowest BCUT2D eigenvalue weighted by Gasteiger charge is -2.15. The van der Waals surface area contributed by atoms with Crippen LogP contribution in [0.15, 0.2) is 41.3 Å². The lowest BCUT2D eigenvalue weighted by Crippen LogP contribution is -2.17. The largest absolute Gasteiger partial charge is 0.495 e. The zero-order valence-electron chi connectivity index (χ0n) is 19.9. The molecule has 33 heavy (non-hydrogen) atoms. The van der Waals surface area contributed by atoms with Crippen LogP contribution in [0.5, 0.6) is 5.75 Å². The van der Waals surface area contributed by atoms with Crippen LogP contribution >= 0.6 is 0 Å². The standard InChI is InChI=1S/C25H28N4O3S/c1-14-8-18(5)25-20(9-14)17(4)12-23(26-25)29-24(13-19(6)27-29)28-33(30,31)22-11-16(3)15(2)10-21(22)32-7/h8-13,28H,1-7H3. The number of hydrogen-bond donors (Lipinski definition) is 1. The van der Waals surface area contributed by atoms with Crippen molar-refractivity contribution in [1.29, 1.82) is 0 Å². The summed E-state index contributed by atoms with van der Waals surface area (Å²) in [4.78, 5) is 4.90.